The van der Waals surface area contributed by atoms with Crippen LogP contribution in [0.1, 0.15) is 30.5 Å². The molecule has 7 heteroatoms. The van der Waals surface area contributed by atoms with Crippen LogP contribution < -0.4 is 10.5 Å². The molecule has 2 heterocycles. The number of piperidine rings is 1. The van der Waals surface area contributed by atoms with Crippen LogP contribution in [0.4, 0.5) is 11.4 Å². The van der Waals surface area contributed by atoms with Gasteiger partial charge in [-0.25, -0.2) is 0 Å². The first-order valence-corrected chi connectivity index (χ1v) is 8.19. The largest absolute Gasteiger partial charge is 0.366 e. The highest BCUT2D eigenvalue weighted by Gasteiger charge is 2.23. The number of aromatic nitrogens is 1. The van der Waals surface area contributed by atoms with E-state index in [1.54, 1.807) is 25.1 Å². The zero-order valence-corrected chi connectivity index (χ0v) is 13.9. The fourth-order valence-corrected chi connectivity index (χ4v) is 3.27. The predicted octanol–water partition coefficient (Wildman–Crippen LogP) is 3.12. The van der Waals surface area contributed by atoms with E-state index in [1.165, 1.54) is 6.07 Å². The van der Waals surface area contributed by atoms with Crippen LogP contribution in [0, 0.1) is 28.4 Å². The summed E-state index contributed by atoms with van der Waals surface area (Å²) in [5.41, 5.74) is 1.58. The van der Waals surface area contributed by atoms with Crippen LogP contribution in [-0.2, 0) is 0 Å². The number of nitro benzene ring substituents is 1. The highest BCUT2D eigenvalue weighted by molar-refractivity contribution is 5.77. The Labute approximate surface area is 144 Å². The van der Waals surface area contributed by atoms with Gasteiger partial charge in [0.25, 0.3) is 11.2 Å². The number of H-pyrrole nitrogens is 1. The minimum Gasteiger partial charge on any atom is -0.366 e. The van der Waals surface area contributed by atoms with Crippen LogP contribution in [-0.4, -0.2) is 23.0 Å². The summed E-state index contributed by atoms with van der Waals surface area (Å²) in [4.78, 5) is 27.8. The summed E-state index contributed by atoms with van der Waals surface area (Å²) in [7, 11) is 0. The molecule has 1 aromatic heterocycles. The monoisotopic (exact) mass is 338 g/mol. The summed E-state index contributed by atoms with van der Waals surface area (Å²) in [5.74, 6) is 0. The van der Waals surface area contributed by atoms with E-state index in [2.05, 4.69) is 4.98 Å². The van der Waals surface area contributed by atoms with Gasteiger partial charge in [-0.1, -0.05) is 6.07 Å². The molecule has 0 atom stereocenters. The average molecular weight is 338 g/mol. The number of nitrogens with one attached hydrogen (secondary N) is 1. The van der Waals surface area contributed by atoms with Crippen LogP contribution in [0.2, 0.25) is 0 Å². The maximum Gasteiger partial charge on any atom is 0.293 e. The van der Waals surface area contributed by atoms with Crippen molar-refractivity contribution in [2.45, 2.75) is 26.2 Å². The molecule has 1 N–H and O–H groups in total. The molecule has 1 aliphatic heterocycles. The van der Waals surface area contributed by atoms with Crippen LogP contribution in [0.5, 0.6) is 0 Å². The molecule has 7 nitrogen and oxygen atoms in total. The van der Waals surface area contributed by atoms with E-state index in [4.69, 9.17) is 0 Å². The van der Waals surface area contributed by atoms with Crippen LogP contribution >= 0.6 is 0 Å². The normalized spacial score (nSPS) is 14.2. The first kappa shape index (κ1) is 16.7. The topological polar surface area (TPSA) is 103 Å². The molecule has 0 amide bonds. The SMILES string of the molecule is Cc1cc(-c2ccc(N3CCCCC3)c([N+](=O)[O-])c2)c(C#N)c(=O)[nH]1. The third-order valence-corrected chi connectivity index (χ3v) is 4.46. The van der Waals surface area contributed by atoms with Gasteiger partial charge in [0.05, 0.1) is 4.92 Å². The van der Waals surface area contributed by atoms with Crippen molar-refractivity contribution in [1.82, 2.24) is 4.98 Å². The van der Waals surface area contributed by atoms with Gasteiger partial charge in [0.1, 0.15) is 17.3 Å². The molecule has 1 saturated heterocycles. The molecule has 3 rings (SSSR count). The molecule has 1 fully saturated rings. The van der Waals surface area contributed by atoms with Crippen molar-refractivity contribution in [3.63, 3.8) is 0 Å². The molecule has 0 spiro atoms. The Bertz CT molecular complexity index is 921. The van der Waals surface area contributed by atoms with E-state index in [0.29, 0.717) is 22.5 Å². The zero-order valence-electron chi connectivity index (χ0n) is 13.9. The standard InChI is InChI=1S/C18H18N4O3/c1-12-9-14(15(11-19)18(23)20-12)13-5-6-16(17(10-13)22(24)25)21-7-3-2-4-8-21/h5-6,9-10H,2-4,7-8H2,1H3,(H,20,23). The van der Waals surface area contributed by atoms with E-state index in [-0.39, 0.29) is 11.3 Å². The molecule has 1 aromatic carbocycles. The average Bonchev–Trinajstić information content (AvgIpc) is 2.61. The van der Waals surface area contributed by atoms with Gasteiger partial charge in [0, 0.05) is 30.4 Å². The van der Waals surface area contributed by atoms with E-state index < -0.39 is 10.5 Å². The minimum atomic E-state index is -0.486. The number of aromatic amines is 1. The highest BCUT2D eigenvalue weighted by atomic mass is 16.6. The molecule has 0 unspecified atom stereocenters. The van der Waals surface area contributed by atoms with E-state index in [9.17, 15) is 20.2 Å². The lowest BCUT2D eigenvalue weighted by Gasteiger charge is -2.28. The number of nitriles is 1. The van der Waals surface area contributed by atoms with E-state index >= 15 is 0 Å². The summed E-state index contributed by atoms with van der Waals surface area (Å²) < 4.78 is 0. The van der Waals surface area contributed by atoms with Crippen molar-refractivity contribution in [2.24, 2.45) is 0 Å². The van der Waals surface area contributed by atoms with Gasteiger partial charge >= 0.3 is 0 Å². The summed E-state index contributed by atoms with van der Waals surface area (Å²) in [6.07, 6.45) is 3.18. The quantitative estimate of drug-likeness (QED) is 0.684. The Hall–Kier alpha value is -3.14. The second-order valence-electron chi connectivity index (χ2n) is 6.19. The summed E-state index contributed by atoms with van der Waals surface area (Å²) >= 11 is 0. The van der Waals surface area contributed by atoms with E-state index in [0.717, 1.165) is 32.4 Å². The van der Waals surface area contributed by atoms with E-state index in [1.807, 2.05) is 11.0 Å². The lowest BCUT2D eigenvalue weighted by Crippen LogP contribution is -2.29. The summed E-state index contributed by atoms with van der Waals surface area (Å²) in [6.45, 7) is 3.31. The van der Waals surface area contributed by atoms with Gasteiger partial charge in [-0.3, -0.25) is 14.9 Å². The van der Waals surface area contributed by atoms with Crippen molar-refractivity contribution in [2.75, 3.05) is 18.0 Å². The number of rotatable bonds is 3. The highest BCUT2D eigenvalue weighted by Crippen LogP contribution is 2.35. The first-order chi connectivity index (χ1) is 12.0. The van der Waals surface area contributed by atoms with Gasteiger partial charge in [-0.05, 0) is 43.9 Å². The van der Waals surface area contributed by atoms with Gasteiger partial charge in [0.2, 0.25) is 0 Å². The molecule has 1 aliphatic rings. The maximum atomic E-state index is 12.0. The van der Waals surface area contributed by atoms with Gasteiger partial charge in [0.15, 0.2) is 0 Å². The number of anilines is 1. The fourth-order valence-electron chi connectivity index (χ4n) is 3.27. The summed E-state index contributed by atoms with van der Waals surface area (Å²) in [6, 6.07) is 8.48. The lowest BCUT2D eigenvalue weighted by atomic mass is 9.99. The van der Waals surface area contributed by atoms with Crippen molar-refractivity contribution in [3.8, 4) is 17.2 Å². The molecule has 2 aromatic rings. The van der Waals surface area contributed by atoms with Crippen LogP contribution in [0.25, 0.3) is 11.1 Å². The van der Waals surface area contributed by atoms with Crippen molar-refractivity contribution in [3.05, 3.63) is 56.0 Å². The number of nitro groups is 1. The lowest BCUT2D eigenvalue weighted by molar-refractivity contribution is -0.384. The second-order valence-corrected chi connectivity index (χ2v) is 6.19. The zero-order chi connectivity index (χ0) is 18.0. The van der Waals surface area contributed by atoms with Crippen molar-refractivity contribution < 1.29 is 4.92 Å². The third-order valence-electron chi connectivity index (χ3n) is 4.46. The Balaban J connectivity index is 2.14. The predicted molar refractivity (Wildman–Crippen MR) is 94.7 cm³/mol. The molecule has 25 heavy (non-hydrogen) atoms. The van der Waals surface area contributed by atoms with Crippen molar-refractivity contribution in [1.29, 1.82) is 5.26 Å². The van der Waals surface area contributed by atoms with Gasteiger partial charge < -0.3 is 9.88 Å². The number of hydrogen-bond donors (Lipinski definition) is 1. The van der Waals surface area contributed by atoms with Crippen LogP contribution in [0.15, 0.2) is 29.1 Å². The number of aryl methyl sites for hydroxylation is 1. The van der Waals surface area contributed by atoms with Crippen LogP contribution in [0.3, 0.4) is 0 Å². The fraction of sp³-hybridized carbons (Fsp3) is 0.333. The number of hydrogen-bond acceptors (Lipinski definition) is 5. The third kappa shape index (κ3) is 3.24. The maximum absolute atomic E-state index is 12.0. The molecular formula is C18H18N4O3. The molecule has 0 saturated carbocycles. The molecular weight excluding hydrogens is 320 g/mol. The number of nitrogens with zero attached hydrogens (tertiary/aromatic N) is 3. The molecule has 0 aliphatic carbocycles. The molecule has 0 radical (unpaired) electrons. The minimum absolute atomic E-state index is 0.00113. The van der Waals surface area contributed by atoms with Gasteiger partial charge in [-0.2, -0.15) is 5.26 Å². The molecule has 128 valence electrons. The Morgan fingerprint density at radius 1 is 1.24 bits per heavy atom. The Morgan fingerprint density at radius 3 is 2.60 bits per heavy atom. The summed E-state index contributed by atoms with van der Waals surface area (Å²) in [5, 5.41) is 20.9. The second kappa shape index (κ2) is 6.77. The first-order valence-electron chi connectivity index (χ1n) is 8.19. The smallest absolute Gasteiger partial charge is 0.293 e. The van der Waals surface area contributed by atoms with Gasteiger partial charge in [-0.15, -0.1) is 0 Å². The molecule has 0 bridgehead atoms. The van der Waals surface area contributed by atoms with Crippen molar-refractivity contribution >= 4 is 11.4 Å². The Kier molecular flexibility index (Phi) is 4.52. The number of pyridine rings is 1. The Morgan fingerprint density at radius 2 is 1.96 bits per heavy atom. The number of benzene rings is 1.